The maximum absolute atomic E-state index is 13.6. The molecule has 0 spiro atoms. The second-order valence-electron chi connectivity index (χ2n) is 5.46. The van der Waals surface area contributed by atoms with Gasteiger partial charge in [-0.2, -0.15) is 0 Å². The highest BCUT2D eigenvalue weighted by Crippen LogP contribution is 2.41. The number of benzene rings is 1. The lowest BCUT2D eigenvalue weighted by atomic mass is 10.1. The molecule has 4 nitrogen and oxygen atoms in total. The highest BCUT2D eigenvalue weighted by atomic mass is 19.1. The first-order valence-electron chi connectivity index (χ1n) is 7.14. The predicted molar refractivity (Wildman–Crippen MR) is 73.1 cm³/mol. The van der Waals surface area contributed by atoms with E-state index in [1.165, 1.54) is 6.07 Å². The highest BCUT2D eigenvalue weighted by Gasteiger charge is 2.40. The second kappa shape index (κ2) is 5.79. The van der Waals surface area contributed by atoms with Crippen LogP contribution in [-0.4, -0.2) is 31.3 Å². The summed E-state index contributed by atoms with van der Waals surface area (Å²) in [5, 5.41) is 5.70. The number of carbonyl (C=O) groups excluding carboxylic acids is 1. The van der Waals surface area contributed by atoms with Crippen LogP contribution in [0, 0.1) is 5.82 Å². The summed E-state index contributed by atoms with van der Waals surface area (Å²) in [6.45, 7) is 1.33. The lowest BCUT2D eigenvalue weighted by Crippen LogP contribution is -2.40. The fourth-order valence-corrected chi connectivity index (χ4v) is 2.71. The minimum Gasteiger partial charge on any atom is -0.376 e. The normalized spacial score (nSPS) is 28.1. The maximum atomic E-state index is 13.6. The molecular formula is C15H19FN2O2. The molecule has 20 heavy (non-hydrogen) atoms. The molecule has 1 heterocycles. The van der Waals surface area contributed by atoms with E-state index >= 15 is 0 Å². The average molecular weight is 278 g/mol. The third-order valence-electron chi connectivity index (χ3n) is 3.93. The number of carbonyl (C=O) groups is 1. The van der Waals surface area contributed by atoms with E-state index < -0.39 is 0 Å². The number of nitrogens with one attached hydrogen (secondary N) is 2. The van der Waals surface area contributed by atoms with Gasteiger partial charge in [-0.05, 0) is 30.9 Å². The van der Waals surface area contributed by atoms with Gasteiger partial charge in [-0.15, -0.1) is 0 Å². The zero-order valence-corrected chi connectivity index (χ0v) is 11.3. The third-order valence-corrected chi connectivity index (χ3v) is 3.93. The molecule has 108 valence electrons. The van der Waals surface area contributed by atoms with Gasteiger partial charge in [0.25, 0.3) is 0 Å². The van der Waals surface area contributed by atoms with Crippen LogP contribution >= 0.6 is 0 Å². The Balaban J connectivity index is 1.43. The van der Waals surface area contributed by atoms with Crippen molar-refractivity contribution in [1.82, 2.24) is 10.6 Å². The van der Waals surface area contributed by atoms with Crippen molar-refractivity contribution in [3.8, 4) is 0 Å². The maximum Gasteiger partial charge on any atom is 0.315 e. The lowest BCUT2D eigenvalue weighted by molar-refractivity contribution is 0.111. The Labute approximate surface area is 117 Å². The van der Waals surface area contributed by atoms with Crippen LogP contribution in [0.3, 0.4) is 0 Å². The predicted octanol–water partition coefficient (Wildman–Crippen LogP) is 2.16. The Hall–Kier alpha value is -1.62. The number of rotatable bonds is 4. The molecule has 2 N–H and O–H groups in total. The molecule has 1 saturated carbocycles. The molecule has 1 aromatic rings. The fourth-order valence-electron chi connectivity index (χ4n) is 2.71. The fraction of sp³-hybridized carbons (Fsp3) is 0.533. The van der Waals surface area contributed by atoms with Crippen molar-refractivity contribution in [1.29, 1.82) is 0 Å². The Morgan fingerprint density at radius 2 is 2.25 bits per heavy atom. The Morgan fingerprint density at radius 3 is 3.00 bits per heavy atom. The van der Waals surface area contributed by atoms with Crippen molar-refractivity contribution in [3.63, 3.8) is 0 Å². The van der Waals surface area contributed by atoms with E-state index in [0.717, 1.165) is 25.9 Å². The third kappa shape index (κ3) is 3.10. The van der Waals surface area contributed by atoms with Gasteiger partial charge in [0.1, 0.15) is 5.82 Å². The molecule has 2 amide bonds. The zero-order valence-electron chi connectivity index (χ0n) is 11.3. The summed E-state index contributed by atoms with van der Waals surface area (Å²) in [4.78, 5) is 11.7. The van der Waals surface area contributed by atoms with Crippen molar-refractivity contribution in [2.75, 3.05) is 13.2 Å². The average Bonchev–Trinajstić information content (AvgIpc) is 2.99. The summed E-state index contributed by atoms with van der Waals surface area (Å²) in [6.07, 6.45) is 3.00. The van der Waals surface area contributed by atoms with Crippen molar-refractivity contribution in [2.45, 2.75) is 37.3 Å². The molecule has 2 aliphatic rings. The van der Waals surface area contributed by atoms with Crippen molar-refractivity contribution < 1.29 is 13.9 Å². The van der Waals surface area contributed by atoms with Crippen LogP contribution in [0.2, 0.25) is 0 Å². The molecule has 2 fully saturated rings. The van der Waals surface area contributed by atoms with Crippen LogP contribution < -0.4 is 10.6 Å². The van der Waals surface area contributed by atoms with Crippen LogP contribution in [0.5, 0.6) is 0 Å². The molecule has 5 heteroatoms. The van der Waals surface area contributed by atoms with Gasteiger partial charge in [0.15, 0.2) is 0 Å². The highest BCUT2D eigenvalue weighted by molar-refractivity contribution is 5.75. The van der Waals surface area contributed by atoms with E-state index in [0.29, 0.717) is 12.1 Å². The Kier molecular flexibility index (Phi) is 3.87. The van der Waals surface area contributed by atoms with Crippen LogP contribution in [-0.2, 0) is 4.74 Å². The zero-order chi connectivity index (χ0) is 13.9. The molecule has 0 radical (unpaired) electrons. The van der Waals surface area contributed by atoms with Gasteiger partial charge < -0.3 is 15.4 Å². The summed E-state index contributed by atoms with van der Waals surface area (Å²) in [5.41, 5.74) is 0.692. The quantitative estimate of drug-likeness (QED) is 0.886. The topological polar surface area (TPSA) is 50.4 Å². The minimum absolute atomic E-state index is 0.0383. The van der Waals surface area contributed by atoms with Gasteiger partial charge in [0.05, 0.1) is 6.10 Å². The van der Waals surface area contributed by atoms with E-state index in [-0.39, 0.29) is 29.9 Å². The molecule has 1 aliphatic carbocycles. The molecule has 0 bridgehead atoms. The van der Waals surface area contributed by atoms with Crippen LogP contribution in [0.25, 0.3) is 0 Å². The molecule has 3 rings (SSSR count). The lowest BCUT2D eigenvalue weighted by Gasteiger charge is -2.11. The smallest absolute Gasteiger partial charge is 0.315 e. The van der Waals surface area contributed by atoms with Crippen LogP contribution in [0.1, 0.15) is 30.7 Å². The van der Waals surface area contributed by atoms with Crippen LogP contribution in [0.15, 0.2) is 24.3 Å². The minimum atomic E-state index is -0.193. The van der Waals surface area contributed by atoms with E-state index in [1.807, 2.05) is 6.07 Å². The number of hydrogen-bond acceptors (Lipinski definition) is 2. The summed E-state index contributed by atoms with van der Waals surface area (Å²) >= 11 is 0. The van der Waals surface area contributed by atoms with Crippen molar-refractivity contribution in [3.05, 3.63) is 35.6 Å². The molecular weight excluding hydrogens is 259 g/mol. The summed E-state index contributed by atoms with van der Waals surface area (Å²) in [5.74, 6) is -0.0914. The van der Waals surface area contributed by atoms with Gasteiger partial charge in [0, 0.05) is 25.1 Å². The van der Waals surface area contributed by atoms with Gasteiger partial charge >= 0.3 is 6.03 Å². The van der Waals surface area contributed by atoms with Gasteiger partial charge in [-0.1, -0.05) is 18.2 Å². The Morgan fingerprint density at radius 1 is 1.40 bits per heavy atom. The number of ether oxygens (including phenoxy) is 1. The number of amides is 2. The van der Waals surface area contributed by atoms with E-state index in [4.69, 9.17) is 4.74 Å². The Bertz CT molecular complexity index is 489. The largest absolute Gasteiger partial charge is 0.376 e. The second-order valence-corrected chi connectivity index (χ2v) is 5.46. The summed E-state index contributed by atoms with van der Waals surface area (Å²) in [7, 11) is 0. The van der Waals surface area contributed by atoms with Gasteiger partial charge in [0.2, 0.25) is 0 Å². The van der Waals surface area contributed by atoms with Gasteiger partial charge in [-0.3, -0.25) is 0 Å². The molecule has 1 saturated heterocycles. The van der Waals surface area contributed by atoms with Crippen molar-refractivity contribution in [2.24, 2.45) is 0 Å². The molecule has 1 aliphatic heterocycles. The number of halogens is 1. The number of urea groups is 1. The monoisotopic (exact) mass is 278 g/mol. The molecule has 1 aromatic carbocycles. The first kappa shape index (κ1) is 13.4. The SMILES string of the molecule is O=C(NC[C@@H]1CCCO1)N[C@@H]1C[C@@H]1c1ccccc1F. The molecule has 3 atom stereocenters. The summed E-state index contributed by atoms with van der Waals surface area (Å²) in [6, 6.07) is 6.60. The van der Waals surface area contributed by atoms with E-state index in [9.17, 15) is 9.18 Å². The van der Waals surface area contributed by atoms with E-state index in [2.05, 4.69) is 10.6 Å². The molecule has 0 unspecified atom stereocenters. The summed E-state index contributed by atoms with van der Waals surface area (Å²) < 4.78 is 19.0. The van der Waals surface area contributed by atoms with E-state index in [1.54, 1.807) is 12.1 Å². The van der Waals surface area contributed by atoms with Crippen molar-refractivity contribution >= 4 is 6.03 Å². The van der Waals surface area contributed by atoms with Crippen LogP contribution in [0.4, 0.5) is 9.18 Å². The molecule has 0 aromatic heterocycles. The first-order chi connectivity index (χ1) is 9.74. The number of hydrogen-bond donors (Lipinski definition) is 2. The first-order valence-corrected chi connectivity index (χ1v) is 7.14. The van der Waals surface area contributed by atoms with Gasteiger partial charge in [-0.25, -0.2) is 9.18 Å². The standard InChI is InChI=1S/C15H19FN2O2/c16-13-6-2-1-5-11(13)12-8-14(12)18-15(19)17-9-10-4-3-7-20-10/h1-2,5-6,10,12,14H,3-4,7-9H2,(H2,17,18,19)/t10-,12+,14+/m0/s1.